The number of nitrogens with one attached hydrogen (secondary N) is 1. The number of nitrogens with zero attached hydrogens (tertiary/aromatic N) is 4. The normalized spacial score (nSPS) is 15.2. The predicted molar refractivity (Wildman–Crippen MR) is 146 cm³/mol. The number of hydrogen-bond acceptors (Lipinski definition) is 5. The van der Waals surface area contributed by atoms with Gasteiger partial charge >= 0.3 is 0 Å². The number of pyridine rings is 1. The number of rotatable bonds is 4. The Balaban J connectivity index is 1.26. The second-order valence-electron chi connectivity index (χ2n) is 10.1. The van der Waals surface area contributed by atoms with Crippen molar-refractivity contribution in [3.05, 3.63) is 81.8 Å². The molecule has 6 rings (SSSR count). The molecule has 1 fully saturated rings. The smallest absolute Gasteiger partial charge is 0.254 e. The van der Waals surface area contributed by atoms with Crippen LogP contribution < -0.4 is 5.32 Å². The van der Waals surface area contributed by atoms with Gasteiger partial charge in [0.1, 0.15) is 11.3 Å². The summed E-state index contributed by atoms with van der Waals surface area (Å²) in [5.74, 6) is 1.16. The third kappa shape index (κ3) is 4.48. The molecule has 0 unspecified atom stereocenters. The fraction of sp³-hybridized carbons (Fsp3) is 0.367. The first kappa shape index (κ1) is 23.7. The molecule has 0 spiro atoms. The average molecular weight is 496 g/mol. The van der Waals surface area contributed by atoms with Crippen LogP contribution in [0.2, 0.25) is 0 Å². The number of carbonyl (C=O) groups is 1. The summed E-state index contributed by atoms with van der Waals surface area (Å²) in [6.45, 7) is 9.58. The maximum Gasteiger partial charge on any atom is 0.254 e. The first-order chi connectivity index (χ1) is 18.0. The summed E-state index contributed by atoms with van der Waals surface area (Å²) in [6, 6.07) is 14.8. The highest BCUT2D eigenvalue weighted by Gasteiger charge is 2.21. The van der Waals surface area contributed by atoms with Crippen LogP contribution >= 0.6 is 0 Å². The van der Waals surface area contributed by atoms with Crippen LogP contribution in [0.1, 0.15) is 51.1 Å². The summed E-state index contributed by atoms with van der Waals surface area (Å²) >= 11 is 0. The summed E-state index contributed by atoms with van der Waals surface area (Å²) in [4.78, 5) is 24.6. The van der Waals surface area contributed by atoms with Gasteiger partial charge in [-0.15, -0.1) is 0 Å². The molecule has 0 atom stereocenters. The third-order valence-electron chi connectivity index (χ3n) is 7.51. The summed E-state index contributed by atoms with van der Waals surface area (Å²) in [5.41, 5.74) is 10.8. The van der Waals surface area contributed by atoms with Crippen molar-refractivity contribution >= 4 is 28.4 Å². The number of fused-ring (bicyclic) bond motifs is 3. The fourth-order valence-electron chi connectivity index (χ4n) is 5.56. The quantitative estimate of drug-likeness (QED) is 0.433. The van der Waals surface area contributed by atoms with Crippen molar-refractivity contribution in [2.24, 2.45) is 0 Å². The lowest BCUT2D eigenvalue weighted by molar-refractivity contribution is 0.0303. The molecule has 2 aromatic carbocycles. The Labute approximate surface area is 217 Å². The Morgan fingerprint density at radius 3 is 2.46 bits per heavy atom. The molecule has 1 amide bonds. The van der Waals surface area contributed by atoms with Gasteiger partial charge in [-0.25, -0.2) is 9.97 Å². The molecule has 0 bridgehead atoms. The molecule has 1 N–H and O–H groups in total. The molecule has 4 heterocycles. The van der Waals surface area contributed by atoms with E-state index in [0.29, 0.717) is 26.3 Å². The number of ether oxygens (including phenoxy) is 1. The van der Waals surface area contributed by atoms with Gasteiger partial charge in [-0.2, -0.15) is 0 Å². The topological polar surface area (TPSA) is 72.3 Å². The molecular weight excluding hydrogens is 462 g/mol. The van der Waals surface area contributed by atoms with E-state index in [2.05, 4.69) is 54.1 Å². The molecule has 2 aromatic heterocycles. The van der Waals surface area contributed by atoms with Crippen LogP contribution in [-0.2, 0) is 30.5 Å². The SMILES string of the molecule is CCc1nc2c(C)cc(C)nc2n1Cc1ccc2c(c1)CCc1cc(C(=O)N3CCOCC3)ccc1N2. The molecule has 2 aliphatic heterocycles. The minimum absolute atomic E-state index is 0.0912. The molecule has 190 valence electrons. The zero-order chi connectivity index (χ0) is 25.5. The number of amides is 1. The number of benzene rings is 2. The second-order valence-corrected chi connectivity index (χ2v) is 10.1. The van der Waals surface area contributed by atoms with E-state index >= 15 is 0 Å². The van der Waals surface area contributed by atoms with Gasteiger partial charge in [0.2, 0.25) is 0 Å². The minimum Gasteiger partial charge on any atom is -0.378 e. The summed E-state index contributed by atoms with van der Waals surface area (Å²) in [6.07, 6.45) is 2.67. The molecule has 0 radical (unpaired) electrons. The number of imidazole rings is 1. The van der Waals surface area contributed by atoms with Crippen molar-refractivity contribution in [3.8, 4) is 0 Å². The number of aromatic nitrogens is 3. The second kappa shape index (κ2) is 9.63. The zero-order valence-electron chi connectivity index (χ0n) is 21.8. The maximum absolute atomic E-state index is 13.0. The van der Waals surface area contributed by atoms with E-state index in [4.69, 9.17) is 14.7 Å². The third-order valence-corrected chi connectivity index (χ3v) is 7.51. The van der Waals surface area contributed by atoms with Crippen molar-refractivity contribution in [1.29, 1.82) is 0 Å². The van der Waals surface area contributed by atoms with E-state index < -0.39 is 0 Å². The van der Waals surface area contributed by atoms with E-state index in [0.717, 1.165) is 65.4 Å². The lowest BCUT2D eigenvalue weighted by atomic mass is 10.0. The predicted octanol–water partition coefficient (Wildman–Crippen LogP) is 4.97. The molecule has 0 aliphatic carbocycles. The van der Waals surface area contributed by atoms with Gasteiger partial charge in [0.15, 0.2) is 5.65 Å². The molecule has 2 aliphatic rings. The van der Waals surface area contributed by atoms with Crippen molar-refractivity contribution in [2.45, 2.75) is 46.6 Å². The van der Waals surface area contributed by atoms with Crippen LogP contribution in [0.3, 0.4) is 0 Å². The van der Waals surface area contributed by atoms with E-state index in [9.17, 15) is 4.79 Å². The highest BCUT2D eigenvalue weighted by molar-refractivity contribution is 5.95. The van der Waals surface area contributed by atoms with Crippen LogP contribution in [0, 0.1) is 13.8 Å². The Morgan fingerprint density at radius 2 is 1.70 bits per heavy atom. The Morgan fingerprint density at radius 1 is 0.973 bits per heavy atom. The maximum atomic E-state index is 13.0. The van der Waals surface area contributed by atoms with Crippen molar-refractivity contribution in [3.63, 3.8) is 0 Å². The largest absolute Gasteiger partial charge is 0.378 e. The Hall–Kier alpha value is -3.71. The van der Waals surface area contributed by atoms with Crippen LogP contribution in [0.5, 0.6) is 0 Å². The molecule has 7 heteroatoms. The average Bonchev–Trinajstić information content (AvgIpc) is 3.15. The Bertz CT molecular complexity index is 1500. The van der Waals surface area contributed by atoms with Crippen LogP contribution in [0.15, 0.2) is 42.5 Å². The van der Waals surface area contributed by atoms with Crippen molar-refractivity contribution in [1.82, 2.24) is 19.4 Å². The number of carbonyl (C=O) groups excluding carboxylic acids is 1. The van der Waals surface area contributed by atoms with E-state index in [-0.39, 0.29) is 5.91 Å². The van der Waals surface area contributed by atoms with E-state index in [1.807, 2.05) is 24.0 Å². The number of hydrogen-bond donors (Lipinski definition) is 1. The Kier molecular flexibility index (Phi) is 6.16. The van der Waals surface area contributed by atoms with Crippen LogP contribution in [-0.4, -0.2) is 51.6 Å². The standard InChI is InChI=1S/C30H33N5O2/c1-4-27-33-28-19(2)15-20(3)31-29(28)35(27)18-21-5-9-25-22(16-21)6-7-23-17-24(8-10-26(23)32-25)30(36)34-11-13-37-14-12-34/h5,8-10,15-17,32H,4,6-7,11-14,18H2,1-3H3. The monoisotopic (exact) mass is 495 g/mol. The van der Waals surface area contributed by atoms with Crippen molar-refractivity contribution < 1.29 is 9.53 Å². The highest BCUT2D eigenvalue weighted by atomic mass is 16.5. The molecule has 7 nitrogen and oxygen atoms in total. The van der Waals surface area contributed by atoms with E-state index in [1.165, 1.54) is 22.3 Å². The van der Waals surface area contributed by atoms with E-state index in [1.54, 1.807) is 0 Å². The first-order valence-corrected chi connectivity index (χ1v) is 13.2. The first-order valence-electron chi connectivity index (χ1n) is 13.2. The van der Waals surface area contributed by atoms with Gasteiger partial charge in [-0.05, 0) is 79.3 Å². The van der Waals surface area contributed by atoms with Gasteiger partial charge in [-0.1, -0.05) is 19.1 Å². The highest BCUT2D eigenvalue weighted by Crippen LogP contribution is 2.32. The lowest BCUT2D eigenvalue weighted by Gasteiger charge is -2.27. The van der Waals surface area contributed by atoms with Gasteiger partial charge in [-0.3, -0.25) is 4.79 Å². The molecule has 4 aromatic rings. The van der Waals surface area contributed by atoms with Gasteiger partial charge < -0.3 is 19.5 Å². The minimum atomic E-state index is 0.0912. The summed E-state index contributed by atoms with van der Waals surface area (Å²) in [7, 11) is 0. The van der Waals surface area contributed by atoms with Crippen LogP contribution in [0.4, 0.5) is 11.4 Å². The van der Waals surface area contributed by atoms with Crippen LogP contribution in [0.25, 0.3) is 11.2 Å². The summed E-state index contributed by atoms with van der Waals surface area (Å²) < 4.78 is 7.67. The zero-order valence-corrected chi connectivity index (χ0v) is 21.8. The van der Waals surface area contributed by atoms with Gasteiger partial charge in [0, 0.05) is 42.1 Å². The number of aryl methyl sites for hydroxylation is 5. The number of morpholine rings is 1. The molecular formula is C30H33N5O2. The fourth-order valence-corrected chi connectivity index (χ4v) is 5.56. The molecule has 0 saturated carbocycles. The van der Waals surface area contributed by atoms with Crippen molar-refractivity contribution in [2.75, 3.05) is 31.6 Å². The number of anilines is 2. The molecule has 1 saturated heterocycles. The van der Waals surface area contributed by atoms with Gasteiger partial charge in [0.25, 0.3) is 5.91 Å². The summed E-state index contributed by atoms with van der Waals surface area (Å²) in [5, 5.41) is 3.63. The lowest BCUT2D eigenvalue weighted by Crippen LogP contribution is -2.40. The molecule has 37 heavy (non-hydrogen) atoms. The van der Waals surface area contributed by atoms with Gasteiger partial charge in [0.05, 0.1) is 19.8 Å².